The fraction of sp³-hybridized carbons (Fsp3) is 0.333. The maximum absolute atomic E-state index is 11.4. The molecular formula is C15H18N2O4S. The van der Waals surface area contributed by atoms with Crippen LogP contribution in [-0.2, 0) is 14.6 Å². The van der Waals surface area contributed by atoms with E-state index in [9.17, 15) is 8.42 Å². The van der Waals surface area contributed by atoms with Crippen LogP contribution in [-0.4, -0.2) is 31.4 Å². The second-order valence-corrected chi connectivity index (χ2v) is 6.86. The van der Waals surface area contributed by atoms with Crippen molar-refractivity contribution in [2.45, 2.75) is 24.3 Å². The van der Waals surface area contributed by atoms with E-state index in [0.717, 1.165) is 12.7 Å². The first kappa shape index (κ1) is 16.4. The zero-order chi connectivity index (χ0) is 16.2. The molecule has 0 aliphatic heterocycles. The summed E-state index contributed by atoms with van der Waals surface area (Å²) in [5.74, 6) is 0.778. The number of hydrogen-bond acceptors (Lipinski definition) is 6. The molecule has 0 saturated heterocycles. The molecule has 2 aromatic rings. The monoisotopic (exact) mass is 322 g/mol. The van der Waals surface area contributed by atoms with Crippen molar-refractivity contribution in [3.8, 4) is 11.4 Å². The molecule has 0 N–H and O–H groups in total. The highest BCUT2D eigenvalue weighted by Crippen LogP contribution is 2.22. The van der Waals surface area contributed by atoms with Gasteiger partial charge in [0, 0.05) is 11.8 Å². The smallest absolute Gasteiger partial charge is 0.255 e. The average molecular weight is 322 g/mol. The van der Waals surface area contributed by atoms with Crippen LogP contribution < -0.4 is 0 Å². The van der Waals surface area contributed by atoms with Crippen LogP contribution in [0.2, 0.25) is 0 Å². The summed E-state index contributed by atoms with van der Waals surface area (Å²) in [6.07, 6.45) is 3.38. The Bertz CT molecular complexity index is 735. The molecule has 6 nitrogen and oxygen atoms in total. The van der Waals surface area contributed by atoms with Crippen LogP contribution in [0.25, 0.3) is 11.4 Å². The molecule has 0 amide bonds. The summed E-state index contributed by atoms with van der Waals surface area (Å²) in [7, 11) is -3.22. The Morgan fingerprint density at radius 1 is 1.36 bits per heavy atom. The van der Waals surface area contributed by atoms with Crippen molar-refractivity contribution in [1.29, 1.82) is 0 Å². The highest BCUT2D eigenvalue weighted by molar-refractivity contribution is 7.90. The highest BCUT2D eigenvalue weighted by Gasteiger charge is 2.16. The molecule has 0 unspecified atom stereocenters. The number of aromatic nitrogens is 2. The van der Waals surface area contributed by atoms with Crippen molar-refractivity contribution in [1.82, 2.24) is 10.1 Å². The third-order valence-corrected chi connectivity index (χ3v) is 4.15. The maximum Gasteiger partial charge on any atom is 0.255 e. The van der Waals surface area contributed by atoms with Gasteiger partial charge in [0.25, 0.3) is 5.89 Å². The third-order valence-electron chi connectivity index (χ3n) is 3.02. The average Bonchev–Trinajstić information content (AvgIpc) is 2.96. The minimum atomic E-state index is -3.22. The molecule has 2 rings (SSSR count). The van der Waals surface area contributed by atoms with Gasteiger partial charge in [-0.1, -0.05) is 11.2 Å². The molecule has 118 valence electrons. The fourth-order valence-electron chi connectivity index (χ4n) is 1.77. The molecule has 0 fully saturated rings. The summed E-state index contributed by atoms with van der Waals surface area (Å²) in [5.41, 5.74) is 0.681. The van der Waals surface area contributed by atoms with E-state index >= 15 is 0 Å². The molecule has 1 heterocycles. The van der Waals surface area contributed by atoms with Crippen molar-refractivity contribution in [3.05, 3.63) is 42.8 Å². The third kappa shape index (κ3) is 4.02. The van der Waals surface area contributed by atoms with Gasteiger partial charge in [-0.3, -0.25) is 0 Å². The van der Waals surface area contributed by atoms with Crippen LogP contribution in [0.15, 0.2) is 46.3 Å². The number of nitrogens with zero attached hydrogens (tertiary/aromatic N) is 2. The summed E-state index contributed by atoms with van der Waals surface area (Å²) >= 11 is 0. The van der Waals surface area contributed by atoms with Crippen LogP contribution in [0.4, 0.5) is 0 Å². The number of sulfone groups is 1. The predicted octanol–water partition coefficient (Wildman–Crippen LogP) is 2.79. The Hall–Kier alpha value is -1.99. The fourth-order valence-corrected chi connectivity index (χ4v) is 2.40. The minimum Gasteiger partial charge on any atom is -0.368 e. The topological polar surface area (TPSA) is 82.3 Å². The second kappa shape index (κ2) is 6.85. The lowest BCUT2D eigenvalue weighted by molar-refractivity contribution is 0.0459. The van der Waals surface area contributed by atoms with E-state index in [1.54, 1.807) is 18.2 Å². The van der Waals surface area contributed by atoms with Gasteiger partial charge in [-0.25, -0.2) is 8.42 Å². The molecule has 0 saturated carbocycles. The summed E-state index contributed by atoms with van der Waals surface area (Å²) < 4.78 is 33.6. The Kier molecular flexibility index (Phi) is 5.10. The van der Waals surface area contributed by atoms with Crippen LogP contribution in [0.5, 0.6) is 0 Å². The molecule has 7 heteroatoms. The first-order valence-electron chi connectivity index (χ1n) is 6.78. The predicted molar refractivity (Wildman–Crippen MR) is 82.0 cm³/mol. The van der Waals surface area contributed by atoms with Crippen LogP contribution >= 0.6 is 0 Å². The lowest BCUT2D eigenvalue weighted by atomic mass is 10.2. The molecule has 0 aliphatic rings. The molecule has 0 spiro atoms. The molecular weight excluding hydrogens is 304 g/mol. The van der Waals surface area contributed by atoms with Gasteiger partial charge in [-0.2, -0.15) is 4.98 Å². The van der Waals surface area contributed by atoms with Gasteiger partial charge in [0.15, 0.2) is 9.84 Å². The van der Waals surface area contributed by atoms with Crippen molar-refractivity contribution in [3.63, 3.8) is 0 Å². The molecule has 0 aliphatic carbocycles. The molecule has 22 heavy (non-hydrogen) atoms. The van der Waals surface area contributed by atoms with E-state index in [-0.39, 0.29) is 11.0 Å². The van der Waals surface area contributed by atoms with Crippen molar-refractivity contribution < 1.29 is 17.7 Å². The van der Waals surface area contributed by atoms with Gasteiger partial charge in [-0.05, 0) is 37.6 Å². The highest BCUT2D eigenvalue weighted by atomic mass is 32.2. The zero-order valence-corrected chi connectivity index (χ0v) is 13.3. The molecule has 1 aromatic heterocycles. The van der Waals surface area contributed by atoms with Crippen LogP contribution in [0, 0.1) is 0 Å². The number of rotatable bonds is 7. The van der Waals surface area contributed by atoms with Crippen molar-refractivity contribution >= 4 is 9.84 Å². The summed E-state index contributed by atoms with van der Waals surface area (Å²) in [5, 5.41) is 3.89. The van der Waals surface area contributed by atoms with E-state index < -0.39 is 9.84 Å². The van der Waals surface area contributed by atoms with E-state index in [4.69, 9.17) is 9.26 Å². The quantitative estimate of drug-likeness (QED) is 0.576. The van der Waals surface area contributed by atoms with Crippen molar-refractivity contribution in [2.75, 3.05) is 12.9 Å². The Morgan fingerprint density at radius 3 is 2.64 bits per heavy atom. The Labute approximate surface area is 129 Å². The van der Waals surface area contributed by atoms with E-state index in [1.807, 2.05) is 6.92 Å². The first-order valence-corrected chi connectivity index (χ1v) is 8.67. The summed E-state index contributed by atoms with van der Waals surface area (Å²) in [6.45, 7) is 5.98. The molecule has 0 radical (unpaired) electrons. The number of hydrogen-bond donors (Lipinski definition) is 0. The second-order valence-electron chi connectivity index (χ2n) is 4.84. The van der Waals surface area contributed by atoms with Gasteiger partial charge in [0.05, 0.1) is 11.5 Å². The van der Waals surface area contributed by atoms with Gasteiger partial charge < -0.3 is 9.26 Å². The summed E-state index contributed by atoms with van der Waals surface area (Å²) in [6, 6.07) is 6.33. The number of benzene rings is 1. The zero-order valence-electron chi connectivity index (χ0n) is 12.5. The lowest BCUT2D eigenvalue weighted by Gasteiger charge is -2.06. The van der Waals surface area contributed by atoms with Crippen LogP contribution in [0.3, 0.4) is 0 Å². The standard InChI is InChI=1S/C15H18N2O4S/c1-4-5-10-20-11(2)15-16-14(17-21-15)12-6-8-13(9-7-12)22(3,18)19/h4,6-9,11H,1,5,10H2,2-3H3/t11-/m1/s1. The van der Waals surface area contributed by atoms with Gasteiger partial charge in [-0.15, -0.1) is 6.58 Å². The van der Waals surface area contributed by atoms with E-state index in [0.29, 0.717) is 23.9 Å². The SMILES string of the molecule is C=CCCO[C@H](C)c1nc(-c2ccc(S(C)(=O)=O)cc2)no1. The number of ether oxygens (including phenoxy) is 1. The Morgan fingerprint density at radius 2 is 2.05 bits per heavy atom. The van der Waals surface area contributed by atoms with Crippen LogP contribution in [0.1, 0.15) is 25.3 Å². The minimum absolute atomic E-state index is 0.251. The van der Waals surface area contributed by atoms with E-state index in [2.05, 4.69) is 16.7 Å². The lowest BCUT2D eigenvalue weighted by Crippen LogP contribution is -2.01. The van der Waals surface area contributed by atoms with Gasteiger partial charge >= 0.3 is 0 Å². The molecule has 1 aromatic carbocycles. The summed E-state index contributed by atoms with van der Waals surface area (Å²) in [4.78, 5) is 4.52. The largest absolute Gasteiger partial charge is 0.368 e. The molecule has 1 atom stereocenters. The van der Waals surface area contributed by atoms with Gasteiger partial charge in [0.1, 0.15) is 6.10 Å². The van der Waals surface area contributed by atoms with Gasteiger partial charge in [0.2, 0.25) is 5.82 Å². The Balaban J connectivity index is 2.12. The normalized spacial score (nSPS) is 13.0. The first-order chi connectivity index (χ1) is 10.4. The van der Waals surface area contributed by atoms with E-state index in [1.165, 1.54) is 12.1 Å². The van der Waals surface area contributed by atoms with Crippen molar-refractivity contribution in [2.24, 2.45) is 0 Å². The maximum atomic E-state index is 11.4. The molecule has 0 bridgehead atoms.